The molecule has 0 bridgehead atoms. The van der Waals surface area contributed by atoms with Gasteiger partial charge in [-0.05, 0) is 39.9 Å². The Morgan fingerprint density at radius 3 is 2.48 bits per heavy atom. The highest BCUT2D eigenvalue weighted by Gasteiger charge is 2.24. The zero-order valence-corrected chi connectivity index (χ0v) is 12.5. The van der Waals surface area contributed by atoms with Crippen LogP contribution in [0.5, 0.6) is 0 Å². The first-order valence-electron chi connectivity index (χ1n) is 6.63. The van der Waals surface area contributed by atoms with E-state index in [-0.39, 0.29) is 5.28 Å². The Balaban J connectivity index is 1.91. The van der Waals surface area contributed by atoms with E-state index in [0.717, 1.165) is 28.8 Å². The third kappa shape index (κ3) is 2.11. The Morgan fingerprint density at radius 2 is 1.67 bits per heavy atom. The van der Waals surface area contributed by atoms with Gasteiger partial charge in [-0.1, -0.05) is 54.1 Å². The van der Waals surface area contributed by atoms with Crippen LogP contribution in [0.15, 0.2) is 48.5 Å². The van der Waals surface area contributed by atoms with Crippen molar-refractivity contribution in [2.45, 2.75) is 6.42 Å². The number of nitrogens with zero attached hydrogens (tertiary/aromatic N) is 2. The van der Waals surface area contributed by atoms with Crippen molar-refractivity contribution in [2.75, 3.05) is 0 Å². The van der Waals surface area contributed by atoms with Crippen molar-refractivity contribution in [3.05, 3.63) is 70.2 Å². The van der Waals surface area contributed by atoms with Crippen LogP contribution in [-0.4, -0.2) is 9.97 Å². The van der Waals surface area contributed by atoms with Crippen LogP contribution in [0.2, 0.25) is 10.4 Å². The molecule has 0 unspecified atom stereocenters. The van der Waals surface area contributed by atoms with Crippen LogP contribution in [0.25, 0.3) is 22.3 Å². The summed E-state index contributed by atoms with van der Waals surface area (Å²) in [7, 11) is 0. The van der Waals surface area contributed by atoms with Crippen molar-refractivity contribution in [1.82, 2.24) is 9.97 Å². The molecule has 2 nitrogen and oxygen atoms in total. The molecule has 0 saturated heterocycles. The summed E-state index contributed by atoms with van der Waals surface area (Å²) in [5.74, 6) is 0. The number of aromatic nitrogens is 2. The van der Waals surface area contributed by atoms with E-state index in [1.165, 1.54) is 11.1 Å². The lowest BCUT2D eigenvalue weighted by molar-refractivity contribution is 1.07. The predicted octanol–water partition coefficient (Wildman–Crippen LogP) is 5.02. The quantitative estimate of drug-likeness (QED) is 0.364. The molecule has 3 aromatic rings. The average molecular weight is 313 g/mol. The Labute approximate surface area is 132 Å². The minimum Gasteiger partial charge on any atom is -0.222 e. The third-order valence-electron chi connectivity index (χ3n) is 3.76. The maximum atomic E-state index is 6.27. The van der Waals surface area contributed by atoms with Gasteiger partial charge in [0.2, 0.25) is 5.28 Å². The molecule has 1 heterocycles. The van der Waals surface area contributed by atoms with Gasteiger partial charge in [-0.3, -0.25) is 0 Å². The van der Waals surface area contributed by atoms with E-state index in [2.05, 4.69) is 40.3 Å². The second-order valence-corrected chi connectivity index (χ2v) is 5.72. The van der Waals surface area contributed by atoms with Crippen molar-refractivity contribution < 1.29 is 0 Å². The third-order valence-corrected chi connectivity index (χ3v) is 4.20. The molecule has 2 aromatic carbocycles. The van der Waals surface area contributed by atoms with Crippen LogP contribution >= 0.6 is 23.2 Å². The van der Waals surface area contributed by atoms with Crippen LogP contribution in [0.3, 0.4) is 0 Å². The molecular formula is C17H10Cl2N2. The molecule has 0 radical (unpaired) electrons. The largest absolute Gasteiger partial charge is 0.224 e. The summed E-state index contributed by atoms with van der Waals surface area (Å²) in [6.07, 6.45) is 0.752. The fraction of sp³-hybridized carbons (Fsp3) is 0.0588. The van der Waals surface area contributed by atoms with Gasteiger partial charge in [-0.15, -0.1) is 0 Å². The lowest BCUT2D eigenvalue weighted by atomic mass is 9.99. The first kappa shape index (κ1) is 12.8. The molecule has 0 aliphatic heterocycles. The topological polar surface area (TPSA) is 25.8 Å². The molecule has 1 aliphatic rings. The number of halogens is 2. The second kappa shape index (κ2) is 4.83. The molecule has 0 fully saturated rings. The summed E-state index contributed by atoms with van der Waals surface area (Å²) in [4.78, 5) is 8.37. The van der Waals surface area contributed by atoms with Crippen molar-refractivity contribution in [1.29, 1.82) is 0 Å². The van der Waals surface area contributed by atoms with Gasteiger partial charge in [0.1, 0.15) is 5.15 Å². The Hall–Kier alpha value is -1.90. The predicted molar refractivity (Wildman–Crippen MR) is 85.7 cm³/mol. The smallest absolute Gasteiger partial charge is 0.222 e. The first-order valence-corrected chi connectivity index (χ1v) is 7.38. The summed E-state index contributed by atoms with van der Waals surface area (Å²) in [6.45, 7) is 0. The minimum absolute atomic E-state index is 0.204. The maximum Gasteiger partial charge on any atom is 0.224 e. The first-order chi connectivity index (χ1) is 10.2. The number of rotatable bonds is 1. The summed E-state index contributed by atoms with van der Waals surface area (Å²) in [5, 5.41) is 0.629. The summed E-state index contributed by atoms with van der Waals surface area (Å²) in [6, 6.07) is 16.7. The van der Waals surface area contributed by atoms with Crippen molar-refractivity contribution in [3.8, 4) is 22.3 Å². The molecule has 0 amide bonds. The van der Waals surface area contributed by atoms with Gasteiger partial charge in [0.15, 0.2) is 0 Å². The molecule has 0 N–H and O–H groups in total. The lowest BCUT2D eigenvalue weighted by Gasteiger charge is -2.06. The summed E-state index contributed by atoms with van der Waals surface area (Å²) in [5.41, 5.74) is 6.47. The second-order valence-electron chi connectivity index (χ2n) is 5.02. The fourth-order valence-corrected chi connectivity index (χ4v) is 3.32. The van der Waals surface area contributed by atoms with Crippen molar-refractivity contribution in [3.63, 3.8) is 0 Å². The van der Waals surface area contributed by atoms with Gasteiger partial charge in [-0.2, -0.15) is 0 Å². The lowest BCUT2D eigenvalue weighted by Crippen LogP contribution is -1.91. The number of hydrogen-bond acceptors (Lipinski definition) is 2. The zero-order valence-electron chi connectivity index (χ0n) is 11.0. The van der Waals surface area contributed by atoms with Crippen molar-refractivity contribution >= 4 is 23.2 Å². The van der Waals surface area contributed by atoms with E-state index in [1.54, 1.807) is 0 Å². The Bertz CT molecular complexity index is 845. The van der Waals surface area contributed by atoms with Gasteiger partial charge in [0, 0.05) is 12.0 Å². The van der Waals surface area contributed by atoms with Gasteiger partial charge in [0.05, 0.1) is 5.69 Å². The van der Waals surface area contributed by atoms with Crippen molar-refractivity contribution in [2.24, 2.45) is 0 Å². The molecule has 21 heavy (non-hydrogen) atoms. The monoisotopic (exact) mass is 312 g/mol. The molecule has 0 saturated carbocycles. The highest BCUT2D eigenvalue weighted by atomic mass is 35.5. The number of hydrogen-bond donors (Lipinski definition) is 0. The SMILES string of the molecule is Clc1nc(Cl)c2c(n1)Cc1ccc(-c3ccccc3)cc1-2. The molecule has 0 spiro atoms. The van der Waals surface area contributed by atoms with Gasteiger partial charge in [0.25, 0.3) is 0 Å². The highest BCUT2D eigenvalue weighted by molar-refractivity contribution is 6.34. The molecule has 4 heteroatoms. The molecular weight excluding hydrogens is 303 g/mol. The average Bonchev–Trinajstić information content (AvgIpc) is 2.85. The van der Waals surface area contributed by atoms with E-state index < -0.39 is 0 Å². The van der Waals surface area contributed by atoms with E-state index in [0.29, 0.717) is 5.15 Å². The van der Waals surface area contributed by atoms with Gasteiger partial charge < -0.3 is 0 Å². The molecule has 1 aromatic heterocycles. The highest BCUT2D eigenvalue weighted by Crippen LogP contribution is 2.41. The van der Waals surface area contributed by atoms with Gasteiger partial charge in [-0.25, -0.2) is 9.97 Å². The number of fused-ring (bicyclic) bond motifs is 3. The Morgan fingerprint density at radius 1 is 0.857 bits per heavy atom. The van der Waals surface area contributed by atoms with Crippen LogP contribution < -0.4 is 0 Å². The molecule has 1 aliphatic carbocycles. The standard InChI is InChI=1S/C17H10Cl2N2/c18-16-15-13-8-11(10-4-2-1-3-5-10)6-7-12(13)9-14(15)20-17(19)21-16/h1-8H,9H2. The molecule has 4 rings (SSSR count). The van der Waals surface area contributed by atoms with Gasteiger partial charge >= 0.3 is 0 Å². The zero-order chi connectivity index (χ0) is 14.4. The normalized spacial score (nSPS) is 12.1. The summed E-state index contributed by atoms with van der Waals surface area (Å²) < 4.78 is 0. The van der Waals surface area contributed by atoms with Crippen LogP contribution in [-0.2, 0) is 6.42 Å². The van der Waals surface area contributed by atoms with E-state index in [1.807, 2.05) is 18.2 Å². The van der Waals surface area contributed by atoms with E-state index >= 15 is 0 Å². The summed E-state index contributed by atoms with van der Waals surface area (Å²) >= 11 is 12.2. The molecule has 0 atom stereocenters. The van der Waals surface area contributed by atoms with Crippen LogP contribution in [0.1, 0.15) is 11.3 Å². The van der Waals surface area contributed by atoms with Crippen LogP contribution in [0, 0.1) is 0 Å². The number of benzene rings is 2. The minimum atomic E-state index is 0.204. The fourth-order valence-electron chi connectivity index (χ4n) is 2.80. The van der Waals surface area contributed by atoms with E-state index in [4.69, 9.17) is 23.2 Å². The maximum absolute atomic E-state index is 6.27. The molecule has 102 valence electrons. The van der Waals surface area contributed by atoms with E-state index in [9.17, 15) is 0 Å². The van der Waals surface area contributed by atoms with Crippen LogP contribution in [0.4, 0.5) is 0 Å². The Kier molecular flexibility index (Phi) is 2.95.